The van der Waals surface area contributed by atoms with Gasteiger partial charge >= 0.3 is 0 Å². The molecule has 0 spiro atoms. The minimum Gasteiger partial charge on any atom is -0.373 e. The molecule has 1 aliphatic heterocycles. The Morgan fingerprint density at radius 3 is 3.00 bits per heavy atom. The van der Waals surface area contributed by atoms with E-state index in [1.165, 1.54) is 25.7 Å². The van der Waals surface area contributed by atoms with Gasteiger partial charge in [0.1, 0.15) is 0 Å². The molecule has 1 saturated heterocycles. The van der Waals surface area contributed by atoms with E-state index in [0.29, 0.717) is 18.8 Å². The van der Waals surface area contributed by atoms with Crippen LogP contribution in [-0.4, -0.2) is 18.8 Å². The molecule has 0 radical (unpaired) electrons. The maximum atomic E-state index is 5.71. The summed E-state index contributed by atoms with van der Waals surface area (Å²) in [5, 5.41) is 0. The van der Waals surface area contributed by atoms with Gasteiger partial charge in [0, 0.05) is 6.54 Å². The number of ether oxygens (including phenoxy) is 1. The van der Waals surface area contributed by atoms with Crippen molar-refractivity contribution in [2.24, 2.45) is 11.7 Å². The van der Waals surface area contributed by atoms with Gasteiger partial charge in [-0.2, -0.15) is 0 Å². The highest BCUT2D eigenvalue weighted by molar-refractivity contribution is 4.87. The number of nitrogens with two attached hydrogens (primary N) is 1. The summed E-state index contributed by atoms with van der Waals surface area (Å²) in [6, 6.07) is 0. The van der Waals surface area contributed by atoms with Crippen LogP contribution in [0.5, 0.6) is 0 Å². The van der Waals surface area contributed by atoms with Gasteiger partial charge in [-0.05, 0) is 25.2 Å². The normalized spacial score (nSPS) is 45.9. The molecule has 1 aliphatic carbocycles. The quantitative estimate of drug-likeness (QED) is 0.589. The molecule has 2 aliphatic rings. The number of fused-ring (bicyclic) bond motifs is 1. The van der Waals surface area contributed by atoms with Crippen LogP contribution < -0.4 is 5.73 Å². The molecular weight excluding hydrogens is 126 g/mol. The lowest BCUT2D eigenvalue weighted by Crippen LogP contribution is -2.20. The van der Waals surface area contributed by atoms with Crippen LogP contribution in [0.4, 0.5) is 0 Å². The van der Waals surface area contributed by atoms with E-state index in [2.05, 4.69) is 0 Å². The maximum absolute atomic E-state index is 5.71. The largest absolute Gasteiger partial charge is 0.373 e. The van der Waals surface area contributed by atoms with Crippen LogP contribution >= 0.6 is 0 Å². The van der Waals surface area contributed by atoms with E-state index in [-0.39, 0.29) is 0 Å². The summed E-state index contributed by atoms with van der Waals surface area (Å²) in [5.41, 5.74) is 5.51. The molecule has 1 heterocycles. The summed E-state index contributed by atoms with van der Waals surface area (Å²) in [5.74, 6) is 0.855. The molecule has 2 N–H and O–H groups in total. The van der Waals surface area contributed by atoms with Crippen molar-refractivity contribution in [3.63, 3.8) is 0 Å². The summed E-state index contributed by atoms with van der Waals surface area (Å²) >= 11 is 0. The Morgan fingerprint density at radius 1 is 1.40 bits per heavy atom. The van der Waals surface area contributed by atoms with E-state index in [1.807, 2.05) is 0 Å². The van der Waals surface area contributed by atoms with Gasteiger partial charge in [-0.25, -0.2) is 0 Å². The number of rotatable bonds is 1. The highest BCUT2D eigenvalue weighted by Crippen LogP contribution is 2.38. The zero-order chi connectivity index (χ0) is 6.97. The lowest BCUT2D eigenvalue weighted by molar-refractivity contribution is 0.0460. The van der Waals surface area contributed by atoms with Gasteiger partial charge in [0.25, 0.3) is 0 Å². The molecule has 2 heteroatoms. The molecule has 0 aromatic rings. The Hall–Kier alpha value is -0.0800. The lowest BCUT2D eigenvalue weighted by Gasteiger charge is -2.08. The first-order valence-corrected chi connectivity index (χ1v) is 4.25. The van der Waals surface area contributed by atoms with Crippen molar-refractivity contribution < 1.29 is 4.74 Å². The smallest absolute Gasteiger partial charge is 0.0704 e. The van der Waals surface area contributed by atoms with Crippen molar-refractivity contribution in [2.45, 2.75) is 37.9 Å². The molecule has 0 amide bonds. The van der Waals surface area contributed by atoms with Gasteiger partial charge < -0.3 is 10.5 Å². The molecule has 1 saturated carbocycles. The van der Waals surface area contributed by atoms with Gasteiger partial charge in [-0.15, -0.1) is 0 Å². The first-order valence-electron chi connectivity index (χ1n) is 4.25. The molecule has 58 valence electrons. The zero-order valence-electron chi connectivity index (χ0n) is 6.25. The highest BCUT2D eigenvalue weighted by Gasteiger charge is 2.37. The minimum atomic E-state index is 0.385. The Morgan fingerprint density at radius 2 is 2.30 bits per heavy atom. The van der Waals surface area contributed by atoms with Crippen molar-refractivity contribution >= 4 is 0 Å². The van der Waals surface area contributed by atoms with E-state index < -0.39 is 0 Å². The topological polar surface area (TPSA) is 35.2 Å². The molecule has 0 bridgehead atoms. The fourth-order valence-electron chi connectivity index (χ4n) is 2.24. The molecule has 3 unspecified atom stereocenters. The molecule has 0 aromatic heterocycles. The summed E-state index contributed by atoms with van der Waals surface area (Å²) in [6.45, 7) is 0.715. The van der Waals surface area contributed by atoms with E-state index in [1.54, 1.807) is 0 Å². The third-order valence-electron chi connectivity index (χ3n) is 2.79. The lowest BCUT2D eigenvalue weighted by atomic mass is 10.0. The van der Waals surface area contributed by atoms with Crippen molar-refractivity contribution in [1.29, 1.82) is 0 Å². The second kappa shape index (κ2) is 2.51. The van der Waals surface area contributed by atoms with Gasteiger partial charge in [0.05, 0.1) is 12.2 Å². The van der Waals surface area contributed by atoms with Crippen molar-refractivity contribution in [3.8, 4) is 0 Å². The summed E-state index contributed by atoms with van der Waals surface area (Å²) < 4.78 is 5.71. The van der Waals surface area contributed by atoms with E-state index in [0.717, 1.165) is 5.92 Å². The van der Waals surface area contributed by atoms with Crippen LogP contribution in [-0.2, 0) is 4.74 Å². The molecule has 10 heavy (non-hydrogen) atoms. The molecule has 2 fully saturated rings. The second-order valence-electron chi connectivity index (χ2n) is 3.46. The first-order chi connectivity index (χ1) is 4.90. The molecule has 0 aromatic carbocycles. The minimum absolute atomic E-state index is 0.385. The average Bonchev–Trinajstić information content (AvgIpc) is 2.42. The predicted molar refractivity (Wildman–Crippen MR) is 39.7 cm³/mol. The maximum Gasteiger partial charge on any atom is 0.0704 e. The Kier molecular flexibility index (Phi) is 1.66. The number of hydrogen-bond acceptors (Lipinski definition) is 2. The van der Waals surface area contributed by atoms with Crippen molar-refractivity contribution in [1.82, 2.24) is 0 Å². The Bertz CT molecular complexity index is 114. The van der Waals surface area contributed by atoms with Gasteiger partial charge in [0.2, 0.25) is 0 Å². The van der Waals surface area contributed by atoms with Gasteiger partial charge in [-0.3, -0.25) is 0 Å². The molecule has 2 rings (SSSR count). The summed E-state index contributed by atoms with van der Waals surface area (Å²) in [4.78, 5) is 0. The van der Waals surface area contributed by atoms with E-state index >= 15 is 0 Å². The average molecular weight is 141 g/mol. The van der Waals surface area contributed by atoms with Gasteiger partial charge in [0.15, 0.2) is 0 Å². The molecule has 3 atom stereocenters. The fourth-order valence-corrected chi connectivity index (χ4v) is 2.24. The van der Waals surface area contributed by atoms with E-state index in [9.17, 15) is 0 Å². The van der Waals surface area contributed by atoms with Gasteiger partial charge in [-0.1, -0.05) is 6.42 Å². The molecule has 2 nitrogen and oxygen atoms in total. The molecular formula is C8H15NO. The van der Waals surface area contributed by atoms with Crippen molar-refractivity contribution in [2.75, 3.05) is 6.54 Å². The van der Waals surface area contributed by atoms with Crippen LogP contribution in [0, 0.1) is 5.92 Å². The van der Waals surface area contributed by atoms with Crippen LogP contribution in [0.1, 0.15) is 25.7 Å². The standard InChI is InChI=1S/C8H15NO/c9-5-7-4-6-2-1-3-8(6)10-7/h6-8H,1-5,9H2. The summed E-state index contributed by atoms with van der Waals surface area (Å²) in [6.07, 6.45) is 6.21. The van der Waals surface area contributed by atoms with Crippen LogP contribution in [0.25, 0.3) is 0 Å². The van der Waals surface area contributed by atoms with Crippen LogP contribution in [0.3, 0.4) is 0 Å². The second-order valence-corrected chi connectivity index (χ2v) is 3.46. The fraction of sp³-hybridized carbons (Fsp3) is 1.00. The Labute approximate surface area is 61.7 Å². The first kappa shape index (κ1) is 6.62. The predicted octanol–water partition coefficient (Wildman–Crippen LogP) is 0.903. The zero-order valence-corrected chi connectivity index (χ0v) is 6.25. The highest BCUT2D eigenvalue weighted by atomic mass is 16.5. The van der Waals surface area contributed by atoms with Crippen LogP contribution in [0.2, 0.25) is 0 Å². The number of hydrogen-bond donors (Lipinski definition) is 1. The third-order valence-corrected chi connectivity index (χ3v) is 2.79. The van der Waals surface area contributed by atoms with E-state index in [4.69, 9.17) is 10.5 Å². The SMILES string of the molecule is NCC1CC2CCCC2O1. The summed E-state index contributed by atoms with van der Waals surface area (Å²) in [7, 11) is 0. The Balaban J connectivity index is 1.94. The van der Waals surface area contributed by atoms with Crippen molar-refractivity contribution in [3.05, 3.63) is 0 Å². The van der Waals surface area contributed by atoms with Crippen LogP contribution in [0.15, 0.2) is 0 Å². The monoisotopic (exact) mass is 141 g/mol. The third kappa shape index (κ3) is 0.956.